The van der Waals surface area contributed by atoms with Crippen molar-refractivity contribution in [1.29, 1.82) is 0 Å². The summed E-state index contributed by atoms with van der Waals surface area (Å²) in [7, 11) is 2.17. The maximum atomic E-state index is 6.23. The summed E-state index contributed by atoms with van der Waals surface area (Å²) < 4.78 is 0. The average molecular weight is 267 g/mol. The highest BCUT2D eigenvalue weighted by atomic mass is 35.5. The molecule has 0 radical (unpaired) electrons. The lowest BCUT2D eigenvalue weighted by molar-refractivity contribution is 0.120. The highest BCUT2D eigenvalue weighted by Crippen LogP contribution is 2.38. The zero-order valence-corrected chi connectivity index (χ0v) is 12.1. The third-order valence-electron chi connectivity index (χ3n) is 4.39. The predicted molar refractivity (Wildman–Crippen MR) is 77.7 cm³/mol. The smallest absolute Gasteiger partial charge is 0.0451 e. The number of halogens is 1. The van der Waals surface area contributed by atoms with E-state index < -0.39 is 0 Å². The van der Waals surface area contributed by atoms with Crippen molar-refractivity contribution in [1.82, 2.24) is 4.90 Å². The van der Waals surface area contributed by atoms with E-state index in [2.05, 4.69) is 24.9 Å². The Kier molecular flexibility index (Phi) is 4.31. The molecule has 100 valence electrons. The fourth-order valence-corrected chi connectivity index (χ4v) is 3.30. The highest BCUT2D eigenvalue weighted by Gasteiger charge is 2.39. The quantitative estimate of drug-likeness (QED) is 0.906. The molecule has 2 unspecified atom stereocenters. The van der Waals surface area contributed by atoms with Crippen molar-refractivity contribution >= 4 is 11.6 Å². The van der Waals surface area contributed by atoms with Crippen molar-refractivity contribution in [3.8, 4) is 0 Å². The van der Waals surface area contributed by atoms with E-state index in [1.807, 2.05) is 18.2 Å². The second-order valence-corrected chi connectivity index (χ2v) is 6.13. The second kappa shape index (κ2) is 5.60. The number of benzene rings is 1. The maximum absolute atomic E-state index is 6.23. The minimum absolute atomic E-state index is 0.165. The zero-order valence-electron chi connectivity index (χ0n) is 11.3. The minimum Gasteiger partial charge on any atom is -0.329 e. The monoisotopic (exact) mass is 266 g/mol. The minimum atomic E-state index is 0.165. The number of hydrogen-bond donors (Lipinski definition) is 1. The molecule has 0 heterocycles. The molecule has 2 nitrogen and oxygen atoms in total. The Morgan fingerprint density at radius 1 is 1.44 bits per heavy atom. The van der Waals surface area contributed by atoms with E-state index in [1.54, 1.807) is 0 Å². The van der Waals surface area contributed by atoms with Gasteiger partial charge in [-0.2, -0.15) is 0 Å². The molecule has 1 aliphatic carbocycles. The third kappa shape index (κ3) is 2.71. The van der Waals surface area contributed by atoms with Gasteiger partial charge in [-0.15, -0.1) is 0 Å². The molecule has 0 amide bonds. The van der Waals surface area contributed by atoms with Gasteiger partial charge in [0.15, 0.2) is 0 Å². The first kappa shape index (κ1) is 13.9. The van der Waals surface area contributed by atoms with Crippen molar-refractivity contribution in [3.63, 3.8) is 0 Å². The molecular weight excluding hydrogens is 244 g/mol. The summed E-state index contributed by atoms with van der Waals surface area (Å²) in [5.74, 6) is 0.780. The van der Waals surface area contributed by atoms with Gasteiger partial charge in [0.2, 0.25) is 0 Å². The van der Waals surface area contributed by atoms with E-state index in [9.17, 15) is 0 Å². The Balaban J connectivity index is 2.11. The molecule has 2 rings (SSSR count). The van der Waals surface area contributed by atoms with Gasteiger partial charge in [0.25, 0.3) is 0 Å². The van der Waals surface area contributed by atoms with E-state index in [1.165, 1.54) is 24.8 Å². The highest BCUT2D eigenvalue weighted by molar-refractivity contribution is 6.31. The van der Waals surface area contributed by atoms with Gasteiger partial charge in [-0.1, -0.05) is 36.7 Å². The summed E-state index contributed by atoms with van der Waals surface area (Å²) in [4.78, 5) is 2.40. The van der Waals surface area contributed by atoms with Crippen LogP contribution in [0, 0.1) is 5.92 Å². The Morgan fingerprint density at radius 3 is 2.72 bits per heavy atom. The number of hydrogen-bond acceptors (Lipinski definition) is 2. The van der Waals surface area contributed by atoms with Gasteiger partial charge in [-0.3, -0.25) is 4.90 Å². The molecule has 1 saturated carbocycles. The van der Waals surface area contributed by atoms with Crippen LogP contribution >= 0.6 is 11.6 Å². The van der Waals surface area contributed by atoms with Gasteiger partial charge in [-0.25, -0.2) is 0 Å². The summed E-state index contributed by atoms with van der Waals surface area (Å²) in [6, 6.07) is 8.07. The SMILES string of the molecule is CC1CCC(CN)(N(C)Cc2ccccc2Cl)C1. The lowest BCUT2D eigenvalue weighted by Gasteiger charge is -2.38. The van der Waals surface area contributed by atoms with E-state index >= 15 is 0 Å². The zero-order chi connectivity index (χ0) is 13.2. The van der Waals surface area contributed by atoms with Crippen LogP contribution in [0.3, 0.4) is 0 Å². The van der Waals surface area contributed by atoms with Gasteiger partial charge in [0.05, 0.1) is 0 Å². The first-order valence-corrected chi connectivity index (χ1v) is 7.10. The third-order valence-corrected chi connectivity index (χ3v) is 4.75. The second-order valence-electron chi connectivity index (χ2n) is 5.72. The number of likely N-dealkylation sites (N-methyl/N-ethyl adjacent to an activating group) is 1. The van der Waals surface area contributed by atoms with Crippen molar-refractivity contribution in [3.05, 3.63) is 34.9 Å². The Hall–Kier alpha value is -0.570. The Bertz CT molecular complexity index is 407. The largest absolute Gasteiger partial charge is 0.329 e. The molecular formula is C15H23ClN2. The molecule has 18 heavy (non-hydrogen) atoms. The van der Waals surface area contributed by atoms with Gasteiger partial charge in [-0.05, 0) is 43.9 Å². The molecule has 1 aliphatic rings. The van der Waals surface area contributed by atoms with Crippen molar-refractivity contribution in [2.24, 2.45) is 11.7 Å². The van der Waals surface area contributed by atoms with Gasteiger partial charge >= 0.3 is 0 Å². The molecule has 3 heteroatoms. The Morgan fingerprint density at radius 2 is 2.17 bits per heavy atom. The van der Waals surface area contributed by atoms with E-state index in [4.69, 9.17) is 17.3 Å². The maximum Gasteiger partial charge on any atom is 0.0451 e. The normalized spacial score (nSPS) is 27.9. The molecule has 0 saturated heterocycles. The average Bonchev–Trinajstić information content (AvgIpc) is 2.75. The van der Waals surface area contributed by atoms with E-state index in [-0.39, 0.29) is 5.54 Å². The first-order valence-electron chi connectivity index (χ1n) is 6.72. The van der Waals surface area contributed by atoms with Crippen LogP contribution in [0.5, 0.6) is 0 Å². The van der Waals surface area contributed by atoms with Crippen LogP contribution in [0.1, 0.15) is 31.7 Å². The molecule has 0 spiro atoms. The molecule has 1 aromatic carbocycles. The summed E-state index contributed by atoms with van der Waals surface area (Å²) >= 11 is 6.23. The van der Waals surface area contributed by atoms with Gasteiger partial charge in [0, 0.05) is 23.7 Å². The molecule has 2 atom stereocenters. The van der Waals surface area contributed by atoms with Crippen LogP contribution in [-0.4, -0.2) is 24.0 Å². The van der Waals surface area contributed by atoms with Gasteiger partial charge < -0.3 is 5.73 Å². The van der Waals surface area contributed by atoms with Crippen LogP contribution in [-0.2, 0) is 6.54 Å². The van der Waals surface area contributed by atoms with Crippen LogP contribution in [0.2, 0.25) is 5.02 Å². The fraction of sp³-hybridized carbons (Fsp3) is 0.600. The summed E-state index contributed by atoms with van der Waals surface area (Å²) in [6.45, 7) is 3.93. The standard InChI is InChI=1S/C15H23ClN2/c1-12-7-8-15(9-12,11-17)18(2)10-13-5-3-4-6-14(13)16/h3-6,12H,7-11,17H2,1-2H3. The van der Waals surface area contributed by atoms with E-state index in [0.29, 0.717) is 0 Å². The van der Waals surface area contributed by atoms with Crippen molar-refractivity contribution < 1.29 is 0 Å². The number of nitrogens with zero attached hydrogens (tertiary/aromatic N) is 1. The van der Waals surface area contributed by atoms with Gasteiger partial charge in [0.1, 0.15) is 0 Å². The molecule has 1 fully saturated rings. The summed E-state index contributed by atoms with van der Waals surface area (Å²) in [5.41, 5.74) is 7.40. The topological polar surface area (TPSA) is 29.3 Å². The molecule has 0 aromatic heterocycles. The molecule has 0 aliphatic heterocycles. The lowest BCUT2D eigenvalue weighted by Crippen LogP contribution is -2.49. The van der Waals surface area contributed by atoms with Crippen LogP contribution in [0.25, 0.3) is 0 Å². The number of nitrogens with two attached hydrogens (primary N) is 1. The molecule has 1 aromatic rings. The molecule has 0 bridgehead atoms. The van der Waals surface area contributed by atoms with Crippen molar-refractivity contribution in [2.75, 3.05) is 13.6 Å². The fourth-order valence-electron chi connectivity index (χ4n) is 3.11. The van der Waals surface area contributed by atoms with Crippen LogP contribution in [0.4, 0.5) is 0 Å². The summed E-state index contributed by atoms with van der Waals surface area (Å²) in [5, 5.41) is 0.850. The molecule has 2 N–H and O–H groups in total. The van der Waals surface area contributed by atoms with Crippen LogP contribution in [0.15, 0.2) is 24.3 Å². The first-order chi connectivity index (χ1) is 8.57. The number of rotatable bonds is 4. The predicted octanol–water partition coefficient (Wildman–Crippen LogP) is 3.29. The Labute approximate surface area is 115 Å². The van der Waals surface area contributed by atoms with Crippen molar-refractivity contribution in [2.45, 2.75) is 38.3 Å². The lowest BCUT2D eigenvalue weighted by atomic mass is 9.94. The summed E-state index contributed by atoms with van der Waals surface area (Å²) in [6.07, 6.45) is 3.68. The van der Waals surface area contributed by atoms with Crippen LogP contribution < -0.4 is 5.73 Å². The van der Waals surface area contributed by atoms with E-state index in [0.717, 1.165) is 24.0 Å².